The number of carbonyl (C=O) groups excluding carboxylic acids is 2. The fourth-order valence-electron chi connectivity index (χ4n) is 8.18. The van der Waals surface area contributed by atoms with Crippen molar-refractivity contribution in [2.45, 2.75) is 103 Å². The number of aromatic nitrogens is 5. The van der Waals surface area contributed by atoms with Crippen molar-refractivity contribution in [3.63, 3.8) is 0 Å². The Morgan fingerprint density at radius 3 is 2.44 bits per heavy atom. The summed E-state index contributed by atoms with van der Waals surface area (Å²) in [6.07, 6.45) is 8.98. The van der Waals surface area contributed by atoms with Gasteiger partial charge in [0.1, 0.15) is 11.9 Å². The molecule has 2 aromatic carbocycles. The highest BCUT2D eigenvalue weighted by molar-refractivity contribution is 5.90. The van der Waals surface area contributed by atoms with Gasteiger partial charge in [-0.1, -0.05) is 57.2 Å². The Labute approximate surface area is 322 Å². The number of hydrogen-bond donors (Lipinski definition) is 1. The molecule has 0 unspecified atom stereocenters. The zero-order chi connectivity index (χ0) is 38.1. The van der Waals surface area contributed by atoms with Gasteiger partial charge in [0.05, 0.1) is 23.6 Å². The normalized spacial score (nSPS) is 20.3. The van der Waals surface area contributed by atoms with Crippen molar-refractivity contribution in [2.75, 3.05) is 29.6 Å². The average molecular weight is 746 g/mol. The highest BCUT2D eigenvalue weighted by Gasteiger charge is 2.34. The molecule has 1 N–H and O–H groups in total. The lowest BCUT2D eigenvalue weighted by Gasteiger charge is -2.34. The quantitative estimate of drug-likeness (QED) is 0.115. The number of urea groups is 1. The van der Waals surface area contributed by atoms with Crippen LogP contribution in [0.15, 0.2) is 72.9 Å². The number of ether oxygens (including phenoxy) is 1. The van der Waals surface area contributed by atoms with Crippen LogP contribution in [-0.2, 0) is 21.6 Å². The Kier molecular flexibility index (Phi) is 10.2. The molecule has 5 aromatic rings. The van der Waals surface area contributed by atoms with Crippen LogP contribution < -0.4 is 20.0 Å². The van der Waals surface area contributed by atoms with E-state index in [2.05, 4.69) is 65.1 Å². The summed E-state index contributed by atoms with van der Waals surface area (Å²) < 4.78 is 10.4. The maximum atomic E-state index is 14.2. The molecule has 1 aliphatic carbocycles. The molecule has 0 saturated carbocycles. The largest absolute Gasteiger partial charge is 0.484 e. The SMILES string of the molecule is C[C@H]1CCCCN1c1nnc2ccc(O[C@@H]3CC[C@H](NC(=O)N(OC=O)c4cc(C(C)(C)C)nn4-c4ccc(CN5CCCC5)cc4)c4ccccc43)cn12. The summed E-state index contributed by atoms with van der Waals surface area (Å²) in [5.74, 6) is 1.89. The van der Waals surface area contributed by atoms with E-state index in [4.69, 9.17) is 14.7 Å². The summed E-state index contributed by atoms with van der Waals surface area (Å²) in [5.41, 5.74) is 5.11. The minimum atomic E-state index is -0.573. The van der Waals surface area contributed by atoms with Crippen molar-refractivity contribution in [2.24, 2.45) is 0 Å². The van der Waals surface area contributed by atoms with Gasteiger partial charge in [0.15, 0.2) is 11.5 Å². The van der Waals surface area contributed by atoms with Gasteiger partial charge in [-0.05, 0) is 106 Å². The number of benzene rings is 2. The first-order valence-electron chi connectivity index (χ1n) is 19.7. The zero-order valence-corrected chi connectivity index (χ0v) is 32.2. The summed E-state index contributed by atoms with van der Waals surface area (Å²) in [5, 5.41) is 18.0. The summed E-state index contributed by atoms with van der Waals surface area (Å²) in [4.78, 5) is 36.4. The van der Waals surface area contributed by atoms with E-state index in [1.807, 2.05) is 65.2 Å². The molecule has 2 fully saturated rings. The molecular weight excluding hydrogens is 695 g/mol. The monoisotopic (exact) mass is 745 g/mol. The summed E-state index contributed by atoms with van der Waals surface area (Å²) >= 11 is 0. The maximum Gasteiger partial charge on any atom is 0.357 e. The van der Waals surface area contributed by atoms with E-state index in [-0.39, 0.29) is 24.0 Å². The number of amides is 2. The van der Waals surface area contributed by atoms with E-state index in [1.54, 1.807) is 4.68 Å². The second-order valence-corrected chi connectivity index (χ2v) is 16.1. The van der Waals surface area contributed by atoms with E-state index in [0.717, 1.165) is 83.9 Å². The number of fused-ring (bicyclic) bond motifs is 2. The topological polar surface area (TPSA) is 122 Å². The molecule has 3 atom stereocenters. The first-order chi connectivity index (χ1) is 26.7. The Hall–Kier alpha value is -5.43. The van der Waals surface area contributed by atoms with Crippen LogP contribution in [0.1, 0.15) is 107 Å². The molecule has 3 aromatic heterocycles. The van der Waals surface area contributed by atoms with Gasteiger partial charge in [0.2, 0.25) is 5.95 Å². The Balaban J connectivity index is 1.03. The lowest BCUT2D eigenvalue weighted by molar-refractivity contribution is -0.129. The smallest absolute Gasteiger partial charge is 0.357 e. The Morgan fingerprint density at radius 2 is 1.69 bits per heavy atom. The number of rotatable bonds is 10. The van der Waals surface area contributed by atoms with Crippen LogP contribution in [0.2, 0.25) is 0 Å². The minimum absolute atomic E-state index is 0.234. The van der Waals surface area contributed by atoms with Crippen LogP contribution >= 0.6 is 0 Å². The van der Waals surface area contributed by atoms with Crippen molar-refractivity contribution in [3.8, 4) is 11.4 Å². The highest BCUT2D eigenvalue weighted by atomic mass is 16.7. The molecule has 2 aliphatic heterocycles. The molecule has 13 heteroatoms. The predicted molar refractivity (Wildman–Crippen MR) is 210 cm³/mol. The molecule has 13 nitrogen and oxygen atoms in total. The highest BCUT2D eigenvalue weighted by Crippen LogP contribution is 2.39. The van der Waals surface area contributed by atoms with E-state index < -0.39 is 6.03 Å². The third-order valence-electron chi connectivity index (χ3n) is 11.2. The van der Waals surface area contributed by atoms with Crippen molar-refractivity contribution in [1.29, 1.82) is 0 Å². The fraction of sp³-hybridized carbons (Fsp3) is 0.452. The first-order valence-corrected chi connectivity index (χ1v) is 19.7. The van der Waals surface area contributed by atoms with Crippen LogP contribution in [0.5, 0.6) is 5.75 Å². The number of likely N-dealkylation sites (tertiary alicyclic amines) is 1. The summed E-state index contributed by atoms with van der Waals surface area (Å²) in [6, 6.07) is 21.4. The molecule has 288 valence electrons. The number of anilines is 2. The molecule has 0 spiro atoms. The third-order valence-corrected chi connectivity index (χ3v) is 11.2. The van der Waals surface area contributed by atoms with Gasteiger partial charge in [-0.15, -0.1) is 15.3 Å². The molecule has 55 heavy (non-hydrogen) atoms. The lowest BCUT2D eigenvalue weighted by Crippen LogP contribution is -2.43. The van der Waals surface area contributed by atoms with Gasteiger partial charge < -0.3 is 19.8 Å². The molecule has 8 rings (SSSR count). The minimum Gasteiger partial charge on any atom is -0.484 e. The van der Waals surface area contributed by atoms with Crippen LogP contribution in [0, 0.1) is 0 Å². The van der Waals surface area contributed by atoms with E-state index in [9.17, 15) is 9.59 Å². The second kappa shape index (κ2) is 15.4. The number of carbonyl (C=O) groups is 2. The third kappa shape index (κ3) is 7.62. The van der Waals surface area contributed by atoms with Crippen LogP contribution in [-0.4, -0.2) is 67.5 Å². The van der Waals surface area contributed by atoms with Crippen molar-refractivity contribution in [3.05, 3.63) is 95.3 Å². The van der Waals surface area contributed by atoms with Gasteiger partial charge in [-0.25, -0.2) is 9.48 Å². The number of pyridine rings is 1. The van der Waals surface area contributed by atoms with E-state index in [0.29, 0.717) is 24.7 Å². The molecule has 2 saturated heterocycles. The van der Waals surface area contributed by atoms with Gasteiger partial charge in [-0.3, -0.25) is 14.1 Å². The molecule has 5 heterocycles. The van der Waals surface area contributed by atoms with Crippen molar-refractivity contribution in [1.82, 2.24) is 34.6 Å². The van der Waals surface area contributed by atoms with Crippen molar-refractivity contribution < 1.29 is 19.2 Å². The van der Waals surface area contributed by atoms with Gasteiger partial charge in [-0.2, -0.15) is 5.10 Å². The molecular formula is C42H51N9O4. The maximum absolute atomic E-state index is 14.2. The first kappa shape index (κ1) is 36.5. The Morgan fingerprint density at radius 1 is 0.927 bits per heavy atom. The Bertz CT molecular complexity index is 2130. The average Bonchev–Trinajstić information content (AvgIpc) is 3.96. The van der Waals surface area contributed by atoms with E-state index >= 15 is 0 Å². The van der Waals surface area contributed by atoms with Crippen LogP contribution in [0.3, 0.4) is 0 Å². The standard InChI is InChI=1S/C42H51N9O4/c1-29-11-7-8-24-48(29)40-45-44-38-21-18-32(27-49(38)40)55-36-20-19-35(33-12-5-6-13-34(33)36)43-41(53)51(54-28-52)39-25-37(42(2,3)4)46-50(39)31-16-14-30(15-17-31)26-47-22-9-10-23-47/h5-6,12-18,21,25,27-29,35-36H,7-11,19-20,22-24,26H2,1-4H3,(H,43,53)/t29-,35-,36+/m0/s1. The lowest BCUT2D eigenvalue weighted by atomic mass is 9.85. The molecule has 3 aliphatic rings. The number of hydroxylamine groups is 1. The fourth-order valence-corrected chi connectivity index (χ4v) is 8.18. The number of nitrogens with one attached hydrogen (secondary N) is 1. The molecule has 0 radical (unpaired) electrons. The second-order valence-electron chi connectivity index (χ2n) is 16.1. The van der Waals surface area contributed by atoms with E-state index in [1.165, 1.54) is 24.8 Å². The summed E-state index contributed by atoms with van der Waals surface area (Å²) in [7, 11) is 0. The zero-order valence-electron chi connectivity index (χ0n) is 32.2. The van der Waals surface area contributed by atoms with Gasteiger partial charge >= 0.3 is 12.5 Å². The summed E-state index contributed by atoms with van der Waals surface area (Å²) in [6.45, 7) is 12.8. The predicted octanol–water partition coefficient (Wildman–Crippen LogP) is 7.45. The van der Waals surface area contributed by atoms with Gasteiger partial charge in [0.25, 0.3) is 0 Å². The van der Waals surface area contributed by atoms with Crippen LogP contribution in [0.4, 0.5) is 16.6 Å². The van der Waals surface area contributed by atoms with Crippen LogP contribution in [0.25, 0.3) is 11.3 Å². The van der Waals surface area contributed by atoms with Crippen molar-refractivity contribution >= 4 is 29.9 Å². The number of nitrogens with zero attached hydrogens (tertiary/aromatic N) is 8. The number of hydrogen-bond acceptors (Lipinski definition) is 9. The van der Waals surface area contributed by atoms with Gasteiger partial charge in [0, 0.05) is 30.6 Å². The number of piperidine rings is 1. The molecule has 0 bridgehead atoms. The molecule has 2 amide bonds.